The van der Waals surface area contributed by atoms with Gasteiger partial charge in [0.25, 0.3) is 0 Å². The van der Waals surface area contributed by atoms with E-state index < -0.39 is 10.0 Å². The lowest BCUT2D eigenvalue weighted by Gasteiger charge is -2.23. The average molecular weight is 312 g/mol. The van der Waals surface area contributed by atoms with Crippen LogP contribution in [-0.4, -0.2) is 37.5 Å². The van der Waals surface area contributed by atoms with Crippen LogP contribution in [0.15, 0.2) is 24.3 Å². The number of amides is 1. The second-order valence-electron chi connectivity index (χ2n) is 5.69. The van der Waals surface area contributed by atoms with Crippen LogP contribution in [0, 0.1) is 0 Å². The molecule has 0 spiro atoms. The summed E-state index contributed by atoms with van der Waals surface area (Å²) in [4.78, 5) is 12.1. The molecule has 0 aliphatic carbocycles. The Hall–Kier alpha value is -1.40. The summed E-state index contributed by atoms with van der Waals surface area (Å²) >= 11 is 0. The molecule has 0 saturated heterocycles. The predicted molar refractivity (Wildman–Crippen MR) is 85.8 cm³/mol. The smallest absolute Gasteiger partial charge is 0.239 e. The number of anilines is 1. The number of sulfonamides is 1. The molecule has 0 heterocycles. The molecular formula is C15H24N2O3S. The van der Waals surface area contributed by atoms with Gasteiger partial charge in [-0.1, -0.05) is 32.0 Å². The van der Waals surface area contributed by atoms with Crippen LogP contribution in [0.3, 0.4) is 0 Å². The van der Waals surface area contributed by atoms with E-state index in [9.17, 15) is 13.2 Å². The molecule has 0 aliphatic rings. The van der Waals surface area contributed by atoms with Crippen molar-refractivity contribution in [2.75, 3.05) is 18.1 Å². The molecule has 0 fully saturated rings. The molecule has 1 amide bonds. The number of hydrogen-bond donors (Lipinski definition) is 1. The topological polar surface area (TPSA) is 66.5 Å². The maximum atomic E-state index is 12.1. The highest BCUT2D eigenvalue weighted by Gasteiger charge is 2.23. The molecule has 6 heteroatoms. The Kier molecular flexibility index (Phi) is 5.92. The number of nitrogens with zero attached hydrogens (tertiary/aromatic N) is 1. The summed E-state index contributed by atoms with van der Waals surface area (Å²) in [6, 6.07) is 7.29. The van der Waals surface area contributed by atoms with Gasteiger partial charge in [-0.25, -0.2) is 8.42 Å². The molecular weight excluding hydrogens is 288 g/mol. The van der Waals surface area contributed by atoms with Gasteiger partial charge < -0.3 is 5.32 Å². The monoisotopic (exact) mass is 312 g/mol. The predicted octanol–water partition coefficient (Wildman–Crippen LogP) is 2.42. The Morgan fingerprint density at radius 2 is 1.76 bits per heavy atom. The van der Waals surface area contributed by atoms with Crippen molar-refractivity contribution >= 4 is 21.6 Å². The van der Waals surface area contributed by atoms with Crippen LogP contribution in [0.1, 0.15) is 39.2 Å². The van der Waals surface area contributed by atoms with Crippen molar-refractivity contribution in [3.05, 3.63) is 29.8 Å². The fraction of sp³-hybridized carbons (Fsp3) is 0.533. The summed E-state index contributed by atoms with van der Waals surface area (Å²) in [7, 11) is -3.41. The van der Waals surface area contributed by atoms with Gasteiger partial charge in [0.1, 0.15) is 0 Å². The van der Waals surface area contributed by atoms with E-state index >= 15 is 0 Å². The summed E-state index contributed by atoms with van der Waals surface area (Å²) in [6.07, 6.45) is 1.11. The maximum absolute atomic E-state index is 12.1. The van der Waals surface area contributed by atoms with E-state index in [1.165, 1.54) is 4.31 Å². The number of nitrogens with one attached hydrogen (secondary N) is 1. The Morgan fingerprint density at radius 3 is 2.24 bits per heavy atom. The lowest BCUT2D eigenvalue weighted by atomic mass is 10.0. The summed E-state index contributed by atoms with van der Waals surface area (Å²) in [5.41, 5.74) is 1.76. The number of para-hydroxylation sites is 1. The zero-order chi connectivity index (χ0) is 16.2. The van der Waals surface area contributed by atoms with E-state index in [1.807, 2.05) is 38.1 Å². The van der Waals surface area contributed by atoms with Crippen LogP contribution < -0.4 is 5.32 Å². The Balaban J connectivity index is 2.87. The normalized spacial score (nSPS) is 12.2. The van der Waals surface area contributed by atoms with Crippen LogP contribution in [0.25, 0.3) is 0 Å². The van der Waals surface area contributed by atoms with Gasteiger partial charge in [0.05, 0.1) is 12.8 Å². The maximum Gasteiger partial charge on any atom is 0.239 e. The van der Waals surface area contributed by atoms with Gasteiger partial charge in [-0.15, -0.1) is 0 Å². The highest BCUT2D eigenvalue weighted by Crippen LogP contribution is 2.23. The van der Waals surface area contributed by atoms with Crippen LogP contribution in [-0.2, 0) is 14.8 Å². The molecule has 5 nitrogen and oxygen atoms in total. The van der Waals surface area contributed by atoms with Gasteiger partial charge in [-0.3, -0.25) is 4.79 Å². The zero-order valence-corrected chi connectivity index (χ0v) is 14.1. The van der Waals surface area contributed by atoms with Crippen LogP contribution in [0.4, 0.5) is 5.69 Å². The molecule has 1 rings (SSSR count). The number of benzene rings is 1. The number of hydrogen-bond acceptors (Lipinski definition) is 3. The molecule has 1 N–H and O–H groups in total. The minimum absolute atomic E-state index is 0.178. The van der Waals surface area contributed by atoms with Crippen LogP contribution in [0.2, 0.25) is 0 Å². The van der Waals surface area contributed by atoms with Gasteiger partial charge in [-0.2, -0.15) is 4.31 Å². The van der Waals surface area contributed by atoms with Crippen molar-refractivity contribution in [3.63, 3.8) is 0 Å². The molecule has 0 atom stereocenters. The molecule has 0 aliphatic heterocycles. The SMILES string of the molecule is CC(C)c1ccccc1NC(=O)CN(C(C)C)S(C)(=O)=O. The van der Waals surface area contributed by atoms with E-state index in [4.69, 9.17) is 0 Å². The lowest BCUT2D eigenvalue weighted by molar-refractivity contribution is -0.116. The van der Waals surface area contributed by atoms with E-state index in [0.717, 1.165) is 17.5 Å². The molecule has 0 unspecified atom stereocenters. The number of carbonyl (C=O) groups excluding carboxylic acids is 1. The second-order valence-corrected chi connectivity index (χ2v) is 7.63. The van der Waals surface area contributed by atoms with Crippen molar-refractivity contribution in [1.82, 2.24) is 4.31 Å². The molecule has 118 valence electrons. The van der Waals surface area contributed by atoms with Gasteiger partial charge in [0, 0.05) is 11.7 Å². The minimum atomic E-state index is -3.41. The average Bonchev–Trinajstić information content (AvgIpc) is 2.34. The standard InChI is InChI=1S/C15H24N2O3S/c1-11(2)13-8-6-7-9-14(13)16-15(18)10-17(12(3)4)21(5,19)20/h6-9,11-12H,10H2,1-5H3,(H,16,18). The molecule has 0 bridgehead atoms. The van der Waals surface area contributed by atoms with Gasteiger partial charge >= 0.3 is 0 Å². The van der Waals surface area contributed by atoms with Crippen molar-refractivity contribution in [3.8, 4) is 0 Å². The Morgan fingerprint density at radius 1 is 1.19 bits per heavy atom. The quantitative estimate of drug-likeness (QED) is 0.877. The van der Waals surface area contributed by atoms with Crippen LogP contribution >= 0.6 is 0 Å². The summed E-state index contributed by atoms with van der Waals surface area (Å²) in [5, 5.41) is 2.80. The van der Waals surface area contributed by atoms with Crippen molar-refractivity contribution in [2.24, 2.45) is 0 Å². The third-order valence-electron chi connectivity index (χ3n) is 3.16. The Labute approximate surface area is 127 Å². The third-order valence-corrected chi connectivity index (χ3v) is 4.56. The van der Waals surface area contributed by atoms with Crippen molar-refractivity contribution in [2.45, 2.75) is 39.7 Å². The van der Waals surface area contributed by atoms with Gasteiger partial charge in [0.2, 0.25) is 15.9 Å². The first-order valence-corrected chi connectivity index (χ1v) is 8.83. The fourth-order valence-corrected chi connectivity index (χ4v) is 3.25. The van der Waals surface area contributed by atoms with E-state index in [-0.39, 0.29) is 24.4 Å². The summed E-state index contributed by atoms with van der Waals surface area (Å²) in [6.45, 7) is 7.40. The van der Waals surface area contributed by atoms with E-state index in [0.29, 0.717) is 0 Å². The third kappa shape index (κ3) is 5.13. The molecule has 0 radical (unpaired) electrons. The second kappa shape index (κ2) is 7.04. The summed E-state index contributed by atoms with van der Waals surface area (Å²) in [5.74, 6) is -0.0557. The van der Waals surface area contributed by atoms with Gasteiger partial charge in [0.15, 0.2) is 0 Å². The fourth-order valence-electron chi connectivity index (χ4n) is 2.13. The van der Waals surface area contributed by atoms with E-state index in [2.05, 4.69) is 5.32 Å². The molecule has 1 aromatic rings. The highest BCUT2D eigenvalue weighted by molar-refractivity contribution is 7.88. The Bertz CT molecular complexity index is 595. The van der Waals surface area contributed by atoms with Crippen LogP contribution in [0.5, 0.6) is 0 Å². The van der Waals surface area contributed by atoms with Crippen molar-refractivity contribution < 1.29 is 13.2 Å². The first kappa shape index (κ1) is 17.7. The lowest BCUT2D eigenvalue weighted by Crippen LogP contribution is -2.41. The minimum Gasteiger partial charge on any atom is -0.325 e. The number of carbonyl (C=O) groups is 1. The molecule has 0 saturated carbocycles. The number of rotatable bonds is 6. The first-order valence-electron chi connectivity index (χ1n) is 6.98. The molecule has 21 heavy (non-hydrogen) atoms. The zero-order valence-electron chi connectivity index (χ0n) is 13.3. The first-order chi connectivity index (χ1) is 9.62. The molecule has 0 aromatic heterocycles. The van der Waals surface area contributed by atoms with E-state index in [1.54, 1.807) is 13.8 Å². The van der Waals surface area contributed by atoms with Gasteiger partial charge in [-0.05, 0) is 31.4 Å². The highest BCUT2D eigenvalue weighted by atomic mass is 32.2. The largest absolute Gasteiger partial charge is 0.325 e. The van der Waals surface area contributed by atoms with Crippen molar-refractivity contribution in [1.29, 1.82) is 0 Å². The summed E-state index contributed by atoms with van der Waals surface area (Å²) < 4.78 is 24.5. The molecule has 1 aromatic carbocycles.